The fraction of sp³-hybridized carbons (Fsp3) is 0.933. The van der Waals surface area contributed by atoms with Crippen molar-refractivity contribution >= 4 is 5.91 Å². The molecule has 0 radical (unpaired) electrons. The summed E-state index contributed by atoms with van der Waals surface area (Å²) >= 11 is 0. The number of carbonyl (C=O) groups excluding carboxylic acids is 1. The first kappa shape index (κ1) is 11.6. The van der Waals surface area contributed by atoms with Gasteiger partial charge in [0.1, 0.15) is 0 Å². The van der Waals surface area contributed by atoms with Gasteiger partial charge in [0.05, 0.1) is 0 Å². The average molecular weight is 235 g/mol. The van der Waals surface area contributed by atoms with Crippen molar-refractivity contribution in [1.82, 2.24) is 5.32 Å². The lowest BCUT2D eigenvalue weighted by molar-refractivity contribution is -0.155. The zero-order valence-electron chi connectivity index (χ0n) is 11.3. The van der Waals surface area contributed by atoms with Crippen LogP contribution in [0.5, 0.6) is 0 Å². The molecule has 2 nitrogen and oxygen atoms in total. The summed E-state index contributed by atoms with van der Waals surface area (Å²) < 4.78 is 0. The number of hydrogen-bond donors (Lipinski definition) is 1. The Morgan fingerprint density at radius 2 is 1.76 bits per heavy atom. The molecular weight excluding hydrogens is 210 g/mol. The minimum Gasteiger partial charge on any atom is -0.359 e. The molecule has 17 heavy (non-hydrogen) atoms. The first-order valence-corrected chi connectivity index (χ1v) is 7.28. The van der Waals surface area contributed by atoms with Crippen molar-refractivity contribution in [1.29, 1.82) is 0 Å². The topological polar surface area (TPSA) is 29.1 Å². The smallest absolute Gasteiger partial charge is 0.225 e. The van der Waals surface area contributed by atoms with Crippen molar-refractivity contribution in [2.24, 2.45) is 35.0 Å². The second-order valence-corrected chi connectivity index (χ2v) is 7.15. The van der Waals surface area contributed by atoms with E-state index < -0.39 is 0 Å². The summed E-state index contributed by atoms with van der Waals surface area (Å²) in [5.41, 5.74) is 0.0244. The lowest BCUT2D eigenvalue weighted by atomic mass is 9.44. The third-order valence-electron chi connectivity index (χ3n) is 5.82. The van der Waals surface area contributed by atoms with Gasteiger partial charge < -0.3 is 5.32 Å². The van der Waals surface area contributed by atoms with Gasteiger partial charge in [-0.3, -0.25) is 4.79 Å². The van der Waals surface area contributed by atoms with E-state index in [-0.39, 0.29) is 5.41 Å². The molecule has 0 saturated heterocycles. The third kappa shape index (κ3) is 1.56. The maximum atomic E-state index is 12.2. The zero-order chi connectivity index (χ0) is 12.2. The quantitative estimate of drug-likeness (QED) is 0.783. The lowest BCUT2D eigenvalue weighted by Gasteiger charge is -2.60. The molecule has 2 heteroatoms. The van der Waals surface area contributed by atoms with Crippen molar-refractivity contribution in [3.63, 3.8) is 0 Å². The normalized spacial score (nSPS) is 47.5. The van der Waals surface area contributed by atoms with Gasteiger partial charge in [0, 0.05) is 12.5 Å². The Morgan fingerprint density at radius 3 is 2.24 bits per heavy atom. The van der Waals surface area contributed by atoms with Gasteiger partial charge in [-0.2, -0.15) is 0 Å². The van der Waals surface area contributed by atoms with Gasteiger partial charge in [-0.05, 0) is 61.7 Å². The molecule has 2 unspecified atom stereocenters. The minimum absolute atomic E-state index is 0.0244. The highest BCUT2D eigenvalue weighted by Crippen LogP contribution is 2.63. The fourth-order valence-electron chi connectivity index (χ4n) is 5.70. The van der Waals surface area contributed by atoms with Crippen LogP contribution >= 0.6 is 0 Å². The molecule has 4 bridgehead atoms. The number of hydrogen-bond acceptors (Lipinski definition) is 1. The van der Waals surface area contributed by atoms with E-state index in [0.29, 0.717) is 5.91 Å². The van der Waals surface area contributed by atoms with Crippen LogP contribution in [0.25, 0.3) is 0 Å². The molecule has 1 N–H and O–H groups in total. The van der Waals surface area contributed by atoms with Gasteiger partial charge in [0.15, 0.2) is 0 Å². The largest absolute Gasteiger partial charge is 0.359 e. The number of carbonyl (C=O) groups is 1. The van der Waals surface area contributed by atoms with Crippen LogP contribution < -0.4 is 5.32 Å². The van der Waals surface area contributed by atoms with Crippen LogP contribution in [0.2, 0.25) is 0 Å². The highest BCUT2D eigenvalue weighted by Gasteiger charge is 2.58. The maximum Gasteiger partial charge on any atom is 0.225 e. The molecule has 0 heterocycles. The number of amides is 1. The van der Waals surface area contributed by atoms with Gasteiger partial charge in [-0.15, -0.1) is 0 Å². The van der Waals surface area contributed by atoms with E-state index in [1.54, 1.807) is 7.05 Å². The molecule has 4 aliphatic carbocycles. The van der Waals surface area contributed by atoms with Gasteiger partial charge >= 0.3 is 0 Å². The standard InChI is InChI=1S/C15H25NO/c1-9(2)13-11-4-10-5-12(13)8-15(6-10,7-11)14(17)16-3/h9-13H,4-8H2,1-3H3,(H,16,17). The van der Waals surface area contributed by atoms with E-state index in [1.807, 2.05) is 0 Å². The number of nitrogens with one attached hydrogen (secondary N) is 1. The highest BCUT2D eigenvalue weighted by molar-refractivity contribution is 5.82. The van der Waals surface area contributed by atoms with Crippen LogP contribution in [0.3, 0.4) is 0 Å². The summed E-state index contributed by atoms with van der Waals surface area (Å²) in [6, 6.07) is 0. The zero-order valence-corrected chi connectivity index (χ0v) is 11.3. The molecule has 4 fully saturated rings. The predicted octanol–water partition coefficient (Wildman–Crippen LogP) is 2.83. The molecule has 4 rings (SSSR count). The van der Waals surface area contributed by atoms with Crippen LogP contribution in [-0.2, 0) is 4.79 Å². The molecule has 0 aromatic rings. The highest BCUT2D eigenvalue weighted by atomic mass is 16.2. The van der Waals surface area contributed by atoms with E-state index in [1.165, 1.54) is 32.1 Å². The third-order valence-corrected chi connectivity index (χ3v) is 5.82. The molecule has 1 amide bonds. The molecule has 0 aromatic carbocycles. The summed E-state index contributed by atoms with van der Waals surface area (Å²) in [6.07, 6.45) is 6.31. The molecule has 0 aromatic heterocycles. The maximum absolute atomic E-state index is 12.2. The van der Waals surface area contributed by atoms with Crippen LogP contribution in [0, 0.1) is 35.0 Å². The summed E-state index contributed by atoms with van der Waals surface area (Å²) in [7, 11) is 1.81. The Morgan fingerprint density at radius 1 is 1.18 bits per heavy atom. The molecule has 2 atom stereocenters. The van der Waals surface area contributed by atoms with Crippen molar-refractivity contribution in [2.75, 3.05) is 7.05 Å². The van der Waals surface area contributed by atoms with Gasteiger partial charge in [0.2, 0.25) is 5.91 Å². The monoisotopic (exact) mass is 235 g/mol. The molecular formula is C15H25NO. The van der Waals surface area contributed by atoms with Crippen molar-refractivity contribution in [3.05, 3.63) is 0 Å². The number of rotatable bonds is 2. The van der Waals surface area contributed by atoms with Gasteiger partial charge in [0.25, 0.3) is 0 Å². The van der Waals surface area contributed by atoms with Crippen LogP contribution in [0.15, 0.2) is 0 Å². The van der Waals surface area contributed by atoms with Crippen molar-refractivity contribution in [3.8, 4) is 0 Å². The summed E-state index contributed by atoms with van der Waals surface area (Å²) in [4.78, 5) is 12.2. The Balaban J connectivity index is 1.89. The predicted molar refractivity (Wildman–Crippen MR) is 68.4 cm³/mol. The molecule has 96 valence electrons. The van der Waals surface area contributed by atoms with Crippen LogP contribution in [0.4, 0.5) is 0 Å². The van der Waals surface area contributed by atoms with E-state index in [4.69, 9.17) is 0 Å². The molecule has 0 aliphatic heterocycles. The Hall–Kier alpha value is -0.530. The van der Waals surface area contributed by atoms with E-state index >= 15 is 0 Å². The van der Waals surface area contributed by atoms with E-state index in [9.17, 15) is 4.79 Å². The van der Waals surface area contributed by atoms with Gasteiger partial charge in [-0.1, -0.05) is 13.8 Å². The van der Waals surface area contributed by atoms with Crippen LogP contribution in [-0.4, -0.2) is 13.0 Å². The Bertz CT molecular complexity index is 320. The molecule has 0 spiro atoms. The van der Waals surface area contributed by atoms with Gasteiger partial charge in [-0.25, -0.2) is 0 Å². The Labute approximate surface area is 105 Å². The minimum atomic E-state index is 0.0244. The van der Waals surface area contributed by atoms with Crippen LogP contribution in [0.1, 0.15) is 46.0 Å². The molecule has 4 saturated carbocycles. The lowest BCUT2D eigenvalue weighted by Crippen LogP contribution is -2.57. The van der Waals surface area contributed by atoms with E-state index in [2.05, 4.69) is 19.2 Å². The first-order valence-electron chi connectivity index (χ1n) is 7.28. The van der Waals surface area contributed by atoms with Crippen molar-refractivity contribution < 1.29 is 4.79 Å². The van der Waals surface area contributed by atoms with E-state index in [0.717, 1.165) is 29.6 Å². The summed E-state index contributed by atoms with van der Waals surface area (Å²) in [6.45, 7) is 4.75. The average Bonchev–Trinajstić information content (AvgIpc) is 2.25. The SMILES string of the molecule is CNC(=O)C12CC3CC(C1)C(C(C)C)C(C3)C2. The first-order chi connectivity index (χ1) is 8.05. The summed E-state index contributed by atoms with van der Waals surface area (Å²) in [5, 5.41) is 2.93. The Kier molecular flexibility index (Phi) is 2.53. The second-order valence-electron chi connectivity index (χ2n) is 7.15. The second kappa shape index (κ2) is 3.73. The summed E-state index contributed by atoms with van der Waals surface area (Å²) in [5.74, 6) is 4.53. The fourth-order valence-corrected chi connectivity index (χ4v) is 5.70. The molecule has 4 aliphatic rings. The van der Waals surface area contributed by atoms with Crippen molar-refractivity contribution in [2.45, 2.75) is 46.0 Å².